The molecule has 40 heavy (non-hydrogen) atoms. The highest BCUT2D eigenvalue weighted by molar-refractivity contribution is 6.10. The van der Waals surface area contributed by atoms with Crippen molar-refractivity contribution >= 4 is 22.9 Å². The maximum absolute atomic E-state index is 12.3. The number of hydrogen-bond donors (Lipinski definition) is 0. The molecule has 4 aromatic carbocycles. The number of Topliss-reactive ketones (excluding diaryl/α,β-unsaturated/α-hetero) is 1. The third-order valence-electron chi connectivity index (χ3n) is 5.74. The number of nitro benzene ring substituents is 2. The van der Waals surface area contributed by atoms with Gasteiger partial charge in [-0.2, -0.15) is 0 Å². The average molecular weight is 543 g/mol. The van der Waals surface area contributed by atoms with Gasteiger partial charge in [0.1, 0.15) is 0 Å². The van der Waals surface area contributed by atoms with Crippen molar-refractivity contribution in [2.75, 3.05) is 0 Å². The summed E-state index contributed by atoms with van der Waals surface area (Å²) in [6.07, 6.45) is 0. The highest BCUT2D eigenvalue weighted by atomic mass is 16.6. The number of nitrogens with zero attached hydrogens (tertiary/aromatic N) is 2. The van der Waals surface area contributed by atoms with Crippen LogP contribution in [0, 0.1) is 47.9 Å². The van der Waals surface area contributed by atoms with Crippen LogP contribution >= 0.6 is 0 Å². The van der Waals surface area contributed by atoms with E-state index in [0.717, 1.165) is 16.7 Å². The molecule has 0 saturated heterocycles. The topological polar surface area (TPSA) is 120 Å². The predicted molar refractivity (Wildman–Crippen MR) is 158 cm³/mol. The number of nitro groups is 2. The van der Waals surface area contributed by atoms with Crippen molar-refractivity contribution < 1.29 is 19.4 Å². The van der Waals surface area contributed by atoms with Crippen molar-refractivity contribution in [2.24, 2.45) is 0 Å². The Labute approximate surface area is 234 Å². The number of ketones is 2. The Morgan fingerprint density at radius 2 is 1.02 bits per heavy atom. The van der Waals surface area contributed by atoms with Gasteiger partial charge in [0.15, 0.2) is 11.6 Å². The molecule has 0 radical (unpaired) electrons. The molecular weight excluding hydrogens is 508 g/mol. The van der Waals surface area contributed by atoms with Gasteiger partial charge in [-0.05, 0) is 45.7 Å². The summed E-state index contributed by atoms with van der Waals surface area (Å²) in [5.74, 6) is -0.345. The molecule has 4 aromatic rings. The fraction of sp³-hybridized carbons (Fsp3) is 0.188. The quantitative estimate of drug-likeness (QED) is 0.142. The Morgan fingerprint density at radius 3 is 1.43 bits per heavy atom. The smallest absolute Gasteiger partial charge is 0.270 e. The van der Waals surface area contributed by atoms with Crippen molar-refractivity contribution in [3.05, 3.63) is 150 Å². The van der Waals surface area contributed by atoms with Crippen LogP contribution in [0.4, 0.5) is 11.4 Å². The molecule has 208 valence electrons. The van der Waals surface area contributed by atoms with Crippen LogP contribution in [0.25, 0.3) is 0 Å². The van der Waals surface area contributed by atoms with Crippen LogP contribution in [0.5, 0.6) is 0 Å². The van der Waals surface area contributed by atoms with Crippen LogP contribution < -0.4 is 0 Å². The Kier molecular flexibility index (Phi) is 12.8. The Hall–Kier alpha value is -4.98. The number of rotatable bonds is 5. The fourth-order valence-corrected chi connectivity index (χ4v) is 3.47. The van der Waals surface area contributed by atoms with Crippen molar-refractivity contribution in [1.82, 2.24) is 0 Å². The molecule has 8 nitrogen and oxygen atoms in total. The molecule has 0 N–H and O–H groups in total. The van der Waals surface area contributed by atoms with Gasteiger partial charge in [-0.15, -0.1) is 0 Å². The zero-order valence-electron chi connectivity index (χ0n) is 22.5. The van der Waals surface area contributed by atoms with E-state index in [1.54, 1.807) is 38.1 Å². The summed E-state index contributed by atoms with van der Waals surface area (Å²) in [6.45, 7) is 8.94. The average Bonchev–Trinajstić information content (AvgIpc) is 2.90. The van der Waals surface area contributed by atoms with Crippen molar-refractivity contribution in [3.8, 4) is 0 Å². The monoisotopic (exact) mass is 542 g/mol. The molecule has 0 atom stereocenters. The van der Waals surface area contributed by atoms with Gasteiger partial charge >= 0.3 is 0 Å². The SMILES string of the molecule is C.CC(=O)c1cc([N+](=O)[O-])ccc1C.Cc1ccc(C(=O)c2cc([N+](=O)[O-])ccc2C)cc1.Cc1ccccc1. The van der Waals surface area contributed by atoms with Gasteiger partial charge in [-0.1, -0.05) is 85.3 Å². The van der Waals surface area contributed by atoms with E-state index in [0.29, 0.717) is 16.7 Å². The van der Waals surface area contributed by atoms with Crippen LogP contribution in [-0.4, -0.2) is 21.4 Å². The molecule has 0 aliphatic carbocycles. The first kappa shape index (κ1) is 33.0. The summed E-state index contributed by atoms with van der Waals surface area (Å²) in [5, 5.41) is 21.1. The summed E-state index contributed by atoms with van der Waals surface area (Å²) in [4.78, 5) is 43.5. The van der Waals surface area contributed by atoms with E-state index < -0.39 is 9.85 Å². The second kappa shape index (κ2) is 15.4. The second-order valence-corrected chi connectivity index (χ2v) is 8.92. The summed E-state index contributed by atoms with van der Waals surface area (Å²) < 4.78 is 0. The first-order valence-electron chi connectivity index (χ1n) is 12.0. The van der Waals surface area contributed by atoms with E-state index in [9.17, 15) is 29.8 Å². The van der Waals surface area contributed by atoms with E-state index in [1.165, 1.54) is 36.8 Å². The summed E-state index contributed by atoms with van der Waals surface area (Å²) in [5.41, 5.74) is 5.09. The van der Waals surface area contributed by atoms with Crippen molar-refractivity contribution in [1.29, 1.82) is 0 Å². The third-order valence-corrected chi connectivity index (χ3v) is 5.74. The maximum atomic E-state index is 12.3. The van der Waals surface area contributed by atoms with E-state index in [-0.39, 0.29) is 30.4 Å². The number of carbonyl (C=O) groups is 2. The second-order valence-electron chi connectivity index (χ2n) is 8.92. The first-order valence-corrected chi connectivity index (χ1v) is 12.0. The lowest BCUT2D eigenvalue weighted by molar-refractivity contribution is -0.385. The van der Waals surface area contributed by atoms with E-state index >= 15 is 0 Å². The maximum Gasteiger partial charge on any atom is 0.270 e. The number of hydrogen-bond acceptors (Lipinski definition) is 6. The molecule has 0 fully saturated rings. The summed E-state index contributed by atoms with van der Waals surface area (Å²) in [7, 11) is 0. The van der Waals surface area contributed by atoms with Crippen molar-refractivity contribution in [2.45, 2.75) is 42.0 Å². The third kappa shape index (κ3) is 9.72. The number of benzene rings is 4. The highest BCUT2D eigenvalue weighted by Crippen LogP contribution is 2.21. The molecular formula is C32H34N2O6. The lowest BCUT2D eigenvalue weighted by Crippen LogP contribution is -2.04. The highest BCUT2D eigenvalue weighted by Gasteiger charge is 2.16. The van der Waals surface area contributed by atoms with E-state index in [2.05, 4.69) is 19.1 Å². The summed E-state index contributed by atoms with van der Waals surface area (Å²) >= 11 is 0. The largest absolute Gasteiger partial charge is 0.294 e. The number of non-ortho nitro benzene ring substituents is 2. The zero-order valence-corrected chi connectivity index (χ0v) is 22.5. The zero-order chi connectivity index (χ0) is 29.1. The predicted octanol–water partition coefficient (Wildman–Crippen LogP) is 8.18. The molecule has 0 aliphatic rings. The number of carbonyl (C=O) groups excluding carboxylic acids is 2. The molecule has 8 heteroatoms. The Morgan fingerprint density at radius 1 is 0.600 bits per heavy atom. The molecule has 0 saturated carbocycles. The fourth-order valence-electron chi connectivity index (χ4n) is 3.47. The van der Waals surface area contributed by atoms with Gasteiger partial charge in [0.2, 0.25) is 0 Å². The van der Waals surface area contributed by atoms with Gasteiger partial charge in [-0.3, -0.25) is 29.8 Å². The Balaban J connectivity index is 0.000000329. The minimum absolute atomic E-state index is 0. The van der Waals surface area contributed by atoms with Gasteiger partial charge in [-0.25, -0.2) is 0 Å². The van der Waals surface area contributed by atoms with Crippen LogP contribution in [-0.2, 0) is 0 Å². The molecule has 0 heterocycles. The summed E-state index contributed by atoms with van der Waals surface area (Å²) in [6, 6.07) is 26.0. The van der Waals surface area contributed by atoms with E-state index in [1.807, 2.05) is 37.3 Å². The van der Waals surface area contributed by atoms with Crippen LogP contribution in [0.3, 0.4) is 0 Å². The lowest BCUT2D eigenvalue weighted by atomic mass is 9.98. The van der Waals surface area contributed by atoms with Gasteiger partial charge in [0.05, 0.1) is 9.85 Å². The molecule has 0 aromatic heterocycles. The molecule has 0 unspecified atom stereocenters. The van der Waals surface area contributed by atoms with Gasteiger partial charge in [0.25, 0.3) is 11.4 Å². The van der Waals surface area contributed by atoms with Gasteiger partial charge in [0, 0.05) is 41.0 Å². The van der Waals surface area contributed by atoms with Crippen molar-refractivity contribution in [3.63, 3.8) is 0 Å². The minimum Gasteiger partial charge on any atom is -0.294 e. The molecule has 0 bridgehead atoms. The van der Waals surface area contributed by atoms with Crippen LogP contribution in [0.2, 0.25) is 0 Å². The first-order chi connectivity index (χ1) is 18.4. The van der Waals surface area contributed by atoms with Gasteiger partial charge < -0.3 is 0 Å². The molecule has 0 spiro atoms. The normalized spacial score (nSPS) is 9.53. The number of aryl methyl sites for hydroxylation is 4. The minimum atomic E-state index is -0.508. The van der Waals surface area contributed by atoms with Crippen LogP contribution in [0.1, 0.15) is 62.9 Å². The van der Waals surface area contributed by atoms with Crippen LogP contribution in [0.15, 0.2) is 91.0 Å². The molecule has 4 rings (SSSR count). The Bertz CT molecular complexity index is 1480. The lowest BCUT2D eigenvalue weighted by Gasteiger charge is -2.05. The molecule has 0 aliphatic heterocycles. The standard InChI is InChI=1S/C15H13NO3.C9H9NO3.C7H8.CH4/c1-10-3-6-12(7-4-10)15(17)14-9-13(16(18)19)8-5-11(14)2;1-6-3-4-8(10(12)13)5-9(6)7(2)11;1-7-5-3-2-4-6-7;/h3-9H,1-2H3;3-5H,1-2H3;2-6H,1H3;1H4. The van der Waals surface area contributed by atoms with E-state index in [4.69, 9.17) is 0 Å². The molecule has 0 amide bonds.